The third kappa shape index (κ3) is 6.03. The van der Waals surface area contributed by atoms with Gasteiger partial charge >= 0.3 is 11.9 Å². The normalized spacial score (nSPS) is 12.0. The molecule has 0 amide bonds. The second-order valence-corrected chi connectivity index (χ2v) is 5.89. The van der Waals surface area contributed by atoms with Crippen LogP contribution in [0.2, 0.25) is 0 Å². The molecular weight excluding hydrogens is 398 g/mol. The van der Waals surface area contributed by atoms with Gasteiger partial charge in [-0.25, -0.2) is 4.99 Å². The highest BCUT2D eigenvalue weighted by molar-refractivity contribution is 5.87. The molecule has 0 bridgehead atoms. The maximum absolute atomic E-state index is 12.1. The average molecular weight is 418 g/mol. The number of rotatable bonds is 6. The first-order valence-corrected chi connectivity index (χ1v) is 8.44. The van der Waals surface area contributed by atoms with Gasteiger partial charge in [0.25, 0.3) is 6.20 Å². The number of aromatic nitrogens is 2. The largest absolute Gasteiger partial charge is 0.846 e. The summed E-state index contributed by atoms with van der Waals surface area (Å²) >= 11 is 0. The summed E-state index contributed by atoms with van der Waals surface area (Å²) in [6, 6.07) is 14.9. The minimum Gasteiger partial charge on any atom is -0.846 e. The van der Waals surface area contributed by atoms with Crippen LogP contribution in [0.4, 0.5) is 11.6 Å². The van der Waals surface area contributed by atoms with Gasteiger partial charge in [-0.15, -0.1) is 12.4 Å². The Morgan fingerprint density at radius 3 is 2.62 bits per heavy atom. The summed E-state index contributed by atoms with van der Waals surface area (Å²) in [5.41, 5.74) is 7.90. The van der Waals surface area contributed by atoms with Gasteiger partial charge < -0.3 is 20.9 Å². The van der Waals surface area contributed by atoms with Gasteiger partial charge in [0, 0.05) is 17.8 Å². The molecule has 0 spiro atoms. The summed E-state index contributed by atoms with van der Waals surface area (Å²) in [7, 11) is 1.29. The molecule has 10 heteroatoms. The fourth-order valence-corrected chi connectivity index (χ4v) is 2.45. The van der Waals surface area contributed by atoms with E-state index in [1.54, 1.807) is 24.3 Å². The Kier molecular flexibility index (Phi) is 7.70. The molecule has 9 nitrogen and oxygen atoms in total. The Labute approximate surface area is 173 Å². The van der Waals surface area contributed by atoms with Crippen molar-refractivity contribution in [3.63, 3.8) is 0 Å². The van der Waals surface area contributed by atoms with Crippen molar-refractivity contribution in [2.75, 3.05) is 12.4 Å². The van der Waals surface area contributed by atoms with E-state index in [1.807, 2.05) is 30.3 Å². The monoisotopic (exact) mass is 417 g/mol. The molecular formula is C19H20ClN5O4. The molecule has 0 saturated heterocycles. The van der Waals surface area contributed by atoms with Crippen LogP contribution in [0.25, 0.3) is 5.69 Å². The SMILES string of the molecule is COC(=O)[C@@H](N)Cc1ccc(N/C([O-])=N/c2c[n+](-c3ccccc3)no2)cc1.Cl. The van der Waals surface area contributed by atoms with Crippen molar-refractivity contribution in [1.82, 2.24) is 5.27 Å². The number of hydrogen-bond acceptors (Lipinski definition) is 7. The summed E-state index contributed by atoms with van der Waals surface area (Å²) in [5, 5.41) is 18.5. The van der Waals surface area contributed by atoms with E-state index in [9.17, 15) is 9.90 Å². The lowest BCUT2D eigenvalue weighted by molar-refractivity contribution is -0.670. The number of benzene rings is 2. The topological polar surface area (TPSA) is 130 Å². The van der Waals surface area contributed by atoms with E-state index in [2.05, 4.69) is 20.3 Å². The summed E-state index contributed by atoms with van der Waals surface area (Å²) in [6.07, 6.45) is 1.84. The molecule has 152 valence electrons. The number of aliphatic imine (C=N–C) groups is 1. The number of carbonyl (C=O) groups excluding carboxylic acids is 1. The number of halogens is 1. The zero-order chi connectivity index (χ0) is 19.9. The van der Waals surface area contributed by atoms with Crippen molar-refractivity contribution in [1.29, 1.82) is 0 Å². The first-order chi connectivity index (χ1) is 13.5. The molecule has 0 aliphatic rings. The molecule has 0 aliphatic heterocycles. The zero-order valence-electron chi connectivity index (χ0n) is 15.5. The van der Waals surface area contributed by atoms with Crippen molar-refractivity contribution in [2.24, 2.45) is 10.7 Å². The first kappa shape index (κ1) is 21.9. The molecule has 0 aliphatic carbocycles. The maximum Gasteiger partial charge on any atom is 0.322 e. The highest BCUT2D eigenvalue weighted by atomic mass is 35.5. The van der Waals surface area contributed by atoms with Crippen LogP contribution in [0, 0.1) is 0 Å². The Morgan fingerprint density at radius 1 is 1.28 bits per heavy atom. The van der Waals surface area contributed by atoms with Gasteiger partial charge in [0.05, 0.1) is 13.1 Å². The van der Waals surface area contributed by atoms with Crippen molar-refractivity contribution in [3.8, 4) is 5.69 Å². The number of esters is 1. The summed E-state index contributed by atoms with van der Waals surface area (Å²) in [6.45, 7) is 0. The third-order valence-electron chi connectivity index (χ3n) is 3.85. The van der Waals surface area contributed by atoms with Crippen LogP contribution in [-0.4, -0.2) is 30.4 Å². The van der Waals surface area contributed by atoms with Crippen molar-refractivity contribution < 1.29 is 23.8 Å². The molecule has 1 aromatic heterocycles. The number of nitrogens with one attached hydrogen (secondary N) is 1. The van der Waals surface area contributed by atoms with Crippen LogP contribution in [0.5, 0.6) is 0 Å². The lowest BCUT2D eigenvalue weighted by atomic mass is 10.1. The predicted molar refractivity (Wildman–Crippen MR) is 106 cm³/mol. The summed E-state index contributed by atoms with van der Waals surface area (Å²) in [5.74, 6) is -0.405. The number of anilines is 1. The van der Waals surface area contributed by atoms with Crippen LogP contribution >= 0.6 is 12.4 Å². The Morgan fingerprint density at radius 2 is 1.97 bits per heavy atom. The fraction of sp³-hybridized carbons (Fsp3) is 0.158. The zero-order valence-corrected chi connectivity index (χ0v) is 16.3. The van der Waals surface area contributed by atoms with Crippen LogP contribution in [0.1, 0.15) is 5.56 Å². The van der Waals surface area contributed by atoms with Gasteiger partial charge in [0.15, 0.2) is 0 Å². The number of nitrogens with zero attached hydrogens (tertiary/aromatic N) is 3. The van der Waals surface area contributed by atoms with Gasteiger partial charge in [-0.1, -0.05) is 30.3 Å². The van der Waals surface area contributed by atoms with Crippen LogP contribution < -0.4 is 20.8 Å². The minimum atomic E-state index is -0.733. The molecule has 1 heterocycles. The van der Waals surface area contributed by atoms with Gasteiger partial charge in [0.1, 0.15) is 6.04 Å². The molecule has 1 atom stereocenters. The Balaban J connectivity index is 0.00000300. The lowest BCUT2D eigenvalue weighted by Gasteiger charge is -2.13. The van der Waals surface area contributed by atoms with E-state index in [0.29, 0.717) is 12.1 Å². The minimum absolute atomic E-state index is 0. The van der Waals surface area contributed by atoms with Gasteiger partial charge in [-0.3, -0.25) is 9.32 Å². The number of methoxy groups -OCH3 is 1. The van der Waals surface area contributed by atoms with E-state index < -0.39 is 18.0 Å². The molecule has 0 fully saturated rings. The molecule has 3 N–H and O–H groups in total. The lowest BCUT2D eigenvalue weighted by Crippen LogP contribution is -2.33. The van der Waals surface area contributed by atoms with Crippen LogP contribution in [0.3, 0.4) is 0 Å². The number of carbonyl (C=O) groups is 1. The highest BCUT2D eigenvalue weighted by Gasteiger charge is 2.14. The standard InChI is InChI=1S/C19H19N5O4.ClH/c1-27-18(25)16(20)11-13-7-9-14(10-8-13)21-19(26)22-17-12-24(23-28-17)15-5-3-2-4-6-15;/h2-10,12,16H,11,20H2,1H3,(H-,21,22,23,26);1H/t16-;/m0./s1. The smallest absolute Gasteiger partial charge is 0.322 e. The number of para-hydroxylation sites is 1. The molecule has 3 aromatic rings. The first-order valence-electron chi connectivity index (χ1n) is 8.44. The Hall–Kier alpha value is -3.43. The number of ether oxygens (including phenoxy) is 1. The van der Waals surface area contributed by atoms with Gasteiger partial charge in [-0.05, 0) is 28.8 Å². The van der Waals surface area contributed by atoms with E-state index in [4.69, 9.17) is 10.3 Å². The third-order valence-corrected chi connectivity index (χ3v) is 3.85. The Bertz CT molecular complexity index is 960. The van der Waals surface area contributed by atoms with Crippen molar-refractivity contribution in [3.05, 3.63) is 66.4 Å². The van der Waals surface area contributed by atoms with Crippen molar-refractivity contribution in [2.45, 2.75) is 12.5 Å². The second-order valence-electron chi connectivity index (χ2n) is 5.89. The van der Waals surface area contributed by atoms with Gasteiger partial charge in [-0.2, -0.15) is 0 Å². The number of amidine groups is 1. The van der Waals surface area contributed by atoms with Crippen molar-refractivity contribution >= 4 is 36.0 Å². The van der Waals surface area contributed by atoms with Gasteiger partial charge in [0.2, 0.25) is 11.0 Å². The second kappa shape index (κ2) is 10.2. The molecule has 0 unspecified atom stereocenters. The van der Waals surface area contributed by atoms with E-state index >= 15 is 0 Å². The predicted octanol–water partition coefficient (Wildman–Crippen LogP) is 0.876. The fourth-order valence-electron chi connectivity index (χ4n) is 2.45. The molecule has 3 rings (SSSR count). The maximum atomic E-state index is 12.1. The van der Waals surface area contributed by atoms with E-state index in [-0.39, 0.29) is 18.3 Å². The average Bonchev–Trinajstić information content (AvgIpc) is 3.17. The number of nitrogens with two attached hydrogens (primary N) is 1. The van der Waals surface area contributed by atoms with Crippen LogP contribution in [0.15, 0.2) is 70.3 Å². The van der Waals surface area contributed by atoms with Crippen LogP contribution in [-0.2, 0) is 16.0 Å². The molecule has 0 radical (unpaired) electrons. The molecule has 29 heavy (non-hydrogen) atoms. The molecule has 0 saturated carbocycles. The van der Waals surface area contributed by atoms with E-state index in [1.165, 1.54) is 18.0 Å². The highest BCUT2D eigenvalue weighted by Crippen LogP contribution is 2.13. The summed E-state index contributed by atoms with van der Waals surface area (Å²) in [4.78, 5) is 15.2. The summed E-state index contributed by atoms with van der Waals surface area (Å²) < 4.78 is 11.1. The van der Waals surface area contributed by atoms with E-state index in [0.717, 1.165) is 11.3 Å². The quantitative estimate of drug-likeness (QED) is 0.263. The molecule has 2 aromatic carbocycles. The number of hydrogen-bond donors (Lipinski definition) is 2.